The second kappa shape index (κ2) is 4.87. The third-order valence-electron chi connectivity index (χ3n) is 3.45. The van der Waals surface area contributed by atoms with Crippen molar-refractivity contribution in [2.24, 2.45) is 0 Å². The molecule has 3 rings (SSSR count). The number of hydrogen-bond acceptors (Lipinski definition) is 5. The van der Waals surface area contributed by atoms with Gasteiger partial charge in [0.2, 0.25) is 5.91 Å². The lowest BCUT2D eigenvalue weighted by Crippen LogP contribution is -2.39. The lowest BCUT2D eigenvalue weighted by molar-refractivity contribution is -0.130. The van der Waals surface area contributed by atoms with Gasteiger partial charge in [0.1, 0.15) is 13.2 Å². The van der Waals surface area contributed by atoms with Gasteiger partial charge in [-0.05, 0) is 6.42 Å². The molecule has 2 amide bonds. The zero-order chi connectivity index (χ0) is 13.2. The summed E-state index contributed by atoms with van der Waals surface area (Å²) in [6.45, 7) is 2.22. The number of carbonyl (C=O) groups is 2. The van der Waals surface area contributed by atoms with Crippen LogP contribution >= 0.6 is 0 Å². The van der Waals surface area contributed by atoms with Crippen LogP contribution in [0.2, 0.25) is 0 Å². The number of carbonyl (C=O) groups excluding carboxylic acids is 2. The summed E-state index contributed by atoms with van der Waals surface area (Å²) in [7, 11) is 0. The van der Waals surface area contributed by atoms with E-state index in [-0.39, 0.29) is 18.5 Å². The molecule has 8 nitrogen and oxygen atoms in total. The number of hydrogen-bond donors (Lipinski definition) is 0. The first kappa shape index (κ1) is 11.9. The van der Waals surface area contributed by atoms with Gasteiger partial charge >= 0.3 is 6.09 Å². The number of cyclic esters (lactones) is 1. The summed E-state index contributed by atoms with van der Waals surface area (Å²) < 4.78 is 4.80. The molecule has 0 bridgehead atoms. The molecule has 1 aromatic heterocycles. The molecular weight excluding hydrogens is 250 g/mol. The van der Waals surface area contributed by atoms with E-state index < -0.39 is 6.09 Å². The van der Waals surface area contributed by atoms with E-state index >= 15 is 0 Å². The molecule has 0 spiro atoms. The van der Waals surface area contributed by atoms with Crippen LogP contribution in [0.1, 0.15) is 12.5 Å². The molecular formula is C11H15N5O3. The van der Waals surface area contributed by atoms with Crippen LogP contribution in [0, 0.1) is 0 Å². The second-order valence-electron chi connectivity index (χ2n) is 4.67. The van der Waals surface area contributed by atoms with Crippen LogP contribution in [0.15, 0.2) is 12.4 Å². The van der Waals surface area contributed by atoms with Gasteiger partial charge in [-0.2, -0.15) is 15.0 Å². The Kier molecular flexibility index (Phi) is 3.06. The fourth-order valence-corrected chi connectivity index (χ4v) is 2.40. The molecule has 19 heavy (non-hydrogen) atoms. The first-order valence-electron chi connectivity index (χ1n) is 6.29. The Morgan fingerprint density at radius 1 is 1.37 bits per heavy atom. The predicted molar refractivity (Wildman–Crippen MR) is 63.2 cm³/mol. The molecule has 1 unspecified atom stereocenters. The average Bonchev–Trinajstić information content (AvgIpc) is 3.09. The summed E-state index contributed by atoms with van der Waals surface area (Å²) >= 11 is 0. The van der Waals surface area contributed by atoms with Crippen LogP contribution < -0.4 is 0 Å². The number of likely N-dealkylation sites (tertiary alicyclic amines) is 1. The molecule has 0 saturated carbocycles. The monoisotopic (exact) mass is 265 g/mol. The van der Waals surface area contributed by atoms with Gasteiger partial charge in [0, 0.05) is 13.1 Å². The fourth-order valence-electron chi connectivity index (χ4n) is 2.40. The van der Waals surface area contributed by atoms with E-state index in [0.29, 0.717) is 26.2 Å². The van der Waals surface area contributed by atoms with Gasteiger partial charge in [-0.3, -0.25) is 9.69 Å². The standard InChI is InChI=1S/C11H15N5O3/c17-10(8-15-5-6-19-11(15)18)14-4-1-9(7-14)16-12-2-3-13-16/h2-3,9H,1,4-8H2. The molecule has 1 aromatic rings. The van der Waals surface area contributed by atoms with E-state index in [1.54, 1.807) is 22.1 Å². The molecule has 8 heteroatoms. The van der Waals surface area contributed by atoms with E-state index in [2.05, 4.69) is 10.2 Å². The summed E-state index contributed by atoms with van der Waals surface area (Å²) in [5.74, 6) is -0.0477. The van der Waals surface area contributed by atoms with Crippen molar-refractivity contribution in [2.75, 3.05) is 32.8 Å². The number of rotatable bonds is 3. The lowest BCUT2D eigenvalue weighted by atomic mass is 10.3. The van der Waals surface area contributed by atoms with E-state index in [0.717, 1.165) is 6.42 Å². The predicted octanol–water partition coefficient (Wildman–Crippen LogP) is -0.496. The summed E-state index contributed by atoms with van der Waals surface area (Å²) in [5, 5.41) is 8.18. The Morgan fingerprint density at radius 2 is 2.16 bits per heavy atom. The summed E-state index contributed by atoms with van der Waals surface area (Å²) in [5.41, 5.74) is 0. The first-order chi connectivity index (χ1) is 9.24. The molecule has 2 saturated heterocycles. The van der Waals surface area contributed by atoms with Gasteiger partial charge in [0.05, 0.1) is 25.0 Å². The van der Waals surface area contributed by atoms with Gasteiger partial charge in [-0.15, -0.1) is 0 Å². The van der Waals surface area contributed by atoms with Crippen LogP contribution in [0.3, 0.4) is 0 Å². The molecule has 0 radical (unpaired) electrons. The zero-order valence-electron chi connectivity index (χ0n) is 10.4. The quantitative estimate of drug-likeness (QED) is 0.736. The Balaban J connectivity index is 1.55. The van der Waals surface area contributed by atoms with Crippen molar-refractivity contribution in [3.8, 4) is 0 Å². The van der Waals surface area contributed by atoms with Gasteiger partial charge < -0.3 is 9.64 Å². The van der Waals surface area contributed by atoms with Crippen molar-refractivity contribution in [3.63, 3.8) is 0 Å². The Hall–Kier alpha value is -2.12. The van der Waals surface area contributed by atoms with Crippen LogP contribution in [0.4, 0.5) is 4.79 Å². The topological polar surface area (TPSA) is 80.6 Å². The highest BCUT2D eigenvalue weighted by Crippen LogP contribution is 2.20. The highest BCUT2D eigenvalue weighted by molar-refractivity contribution is 5.83. The molecule has 102 valence electrons. The average molecular weight is 265 g/mol. The van der Waals surface area contributed by atoms with Crippen molar-refractivity contribution in [3.05, 3.63) is 12.4 Å². The normalized spacial score (nSPS) is 22.9. The van der Waals surface area contributed by atoms with E-state index in [4.69, 9.17) is 4.74 Å². The zero-order valence-corrected chi connectivity index (χ0v) is 10.4. The molecule has 2 aliphatic rings. The maximum absolute atomic E-state index is 12.1. The van der Waals surface area contributed by atoms with E-state index in [9.17, 15) is 9.59 Å². The number of ether oxygens (including phenoxy) is 1. The summed E-state index contributed by atoms with van der Waals surface area (Å²) in [4.78, 5) is 28.2. The molecule has 3 heterocycles. The van der Waals surface area contributed by atoms with Crippen molar-refractivity contribution < 1.29 is 14.3 Å². The van der Waals surface area contributed by atoms with Gasteiger partial charge in [0.15, 0.2) is 0 Å². The van der Waals surface area contributed by atoms with Crippen molar-refractivity contribution in [1.82, 2.24) is 24.8 Å². The molecule has 0 N–H and O–H groups in total. The molecule has 1 atom stereocenters. The minimum absolute atomic E-state index is 0.0477. The van der Waals surface area contributed by atoms with Crippen LogP contribution in [-0.4, -0.2) is 69.6 Å². The summed E-state index contributed by atoms with van der Waals surface area (Å²) in [6.07, 6.45) is 3.69. The Bertz CT molecular complexity index is 475. The second-order valence-corrected chi connectivity index (χ2v) is 4.67. The lowest BCUT2D eigenvalue weighted by Gasteiger charge is -2.19. The summed E-state index contributed by atoms with van der Waals surface area (Å²) in [6, 6.07) is 0.129. The third-order valence-corrected chi connectivity index (χ3v) is 3.45. The SMILES string of the molecule is O=C(CN1CCOC1=O)N1CCC(n2nccn2)C1. The van der Waals surface area contributed by atoms with Crippen molar-refractivity contribution >= 4 is 12.0 Å². The third kappa shape index (κ3) is 2.38. The minimum atomic E-state index is -0.405. The van der Waals surface area contributed by atoms with Gasteiger partial charge in [-0.25, -0.2) is 4.79 Å². The molecule has 0 aromatic carbocycles. The van der Waals surface area contributed by atoms with Crippen LogP contribution in [0.25, 0.3) is 0 Å². The minimum Gasteiger partial charge on any atom is -0.448 e. The van der Waals surface area contributed by atoms with Crippen LogP contribution in [0.5, 0.6) is 0 Å². The Morgan fingerprint density at radius 3 is 2.84 bits per heavy atom. The molecule has 0 aliphatic carbocycles. The van der Waals surface area contributed by atoms with Crippen LogP contribution in [-0.2, 0) is 9.53 Å². The van der Waals surface area contributed by atoms with Crippen molar-refractivity contribution in [1.29, 1.82) is 0 Å². The van der Waals surface area contributed by atoms with E-state index in [1.165, 1.54) is 4.90 Å². The highest BCUT2D eigenvalue weighted by Gasteiger charge is 2.31. The van der Waals surface area contributed by atoms with Crippen molar-refractivity contribution in [2.45, 2.75) is 12.5 Å². The Labute approximate surface area is 109 Å². The van der Waals surface area contributed by atoms with Gasteiger partial charge in [-0.1, -0.05) is 0 Å². The maximum atomic E-state index is 12.1. The fraction of sp³-hybridized carbons (Fsp3) is 0.636. The largest absolute Gasteiger partial charge is 0.448 e. The maximum Gasteiger partial charge on any atom is 0.410 e. The number of amides is 2. The molecule has 2 aliphatic heterocycles. The smallest absolute Gasteiger partial charge is 0.410 e. The van der Waals surface area contributed by atoms with Gasteiger partial charge in [0.25, 0.3) is 0 Å². The van der Waals surface area contributed by atoms with E-state index in [1.807, 2.05) is 0 Å². The number of aromatic nitrogens is 3. The first-order valence-corrected chi connectivity index (χ1v) is 6.29. The highest BCUT2D eigenvalue weighted by atomic mass is 16.6. The number of nitrogens with zero attached hydrogens (tertiary/aromatic N) is 5. The molecule has 2 fully saturated rings.